The van der Waals surface area contributed by atoms with Gasteiger partial charge in [-0.15, -0.1) is 6.58 Å². The highest BCUT2D eigenvalue weighted by Gasteiger charge is 2.09. The molecule has 1 N–H and O–H groups in total. The predicted octanol–water partition coefficient (Wildman–Crippen LogP) is 5.79. The van der Waals surface area contributed by atoms with Gasteiger partial charge in [0.25, 0.3) is 5.91 Å². The number of hydrogen-bond donors (Lipinski definition) is 1. The highest BCUT2D eigenvalue weighted by molar-refractivity contribution is 6.00. The van der Waals surface area contributed by atoms with Gasteiger partial charge in [0.15, 0.2) is 0 Å². The fourth-order valence-electron chi connectivity index (χ4n) is 2.98. The summed E-state index contributed by atoms with van der Waals surface area (Å²) in [7, 11) is 0. The predicted molar refractivity (Wildman–Crippen MR) is 104 cm³/mol. The van der Waals surface area contributed by atoms with Crippen LogP contribution in [0.25, 0.3) is 10.8 Å². The smallest absolute Gasteiger partial charge is 0.251 e. The first-order chi connectivity index (χ1) is 11.6. The molecule has 0 bridgehead atoms. The molecule has 2 rings (SSSR count). The molecular formula is C22H29NO. The summed E-state index contributed by atoms with van der Waals surface area (Å²) in [5.41, 5.74) is 3.09. The molecule has 0 saturated carbocycles. The maximum absolute atomic E-state index is 12.4. The Morgan fingerprint density at radius 1 is 1.00 bits per heavy atom. The molecule has 1 amide bonds. The number of carbonyl (C=O) groups is 1. The summed E-state index contributed by atoms with van der Waals surface area (Å²) in [4.78, 5) is 12.4. The third-order valence-corrected chi connectivity index (χ3v) is 4.40. The van der Waals surface area contributed by atoms with Crippen LogP contribution in [-0.4, -0.2) is 12.5 Å². The third kappa shape index (κ3) is 5.52. The quantitative estimate of drug-likeness (QED) is 0.459. The molecule has 0 aliphatic heterocycles. The first-order valence-electron chi connectivity index (χ1n) is 9.00. The number of hydrogen-bond acceptors (Lipinski definition) is 1. The van der Waals surface area contributed by atoms with Gasteiger partial charge in [0.2, 0.25) is 0 Å². The SMILES string of the molecule is C=C(C)CCCCCCCNC(=O)c1cc2ccccc2cc1C. The number of rotatable bonds is 9. The highest BCUT2D eigenvalue weighted by atomic mass is 16.1. The standard InChI is InChI=1S/C22H29NO/c1-17(2)11-7-5-4-6-10-14-23-22(24)21-16-20-13-9-8-12-19(20)15-18(21)3/h8-9,12-13,15-16H,1,4-7,10-11,14H2,2-3H3,(H,23,24). The Bertz CT molecular complexity index is 702. The van der Waals surface area contributed by atoms with Crippen molar-refractivity contribution in [2.75, 3.05) is 6.54 Å². The van der Waals surface area contributed by atoms with Crippen LogP contribution in [0.3, 0.4) is 0 Å². The second-order valence-electron chi connectivity index (χ2n) is 6.75. The van der Waals surface area contributed by atoms with E-state index in [1.165, 1.54) is 36.6 Å². The van der Waals surface area contributed by atoms with Crippen molar-refractivity contribution in [2.24, 2.45) is 0 Å². The highest BCUT2D eigenvalue weighted by Crippen LogP contribution is 2.19. The van der Waals surface area contributed by atoms with E-state index in [0.29, 0.717) is 0 Å². The molecule has 0 heterocycles. The van der Waals surface area contributed by atoms with Gasteiger partial charge in [-0.2, -0.15) is 0 Å². The zero-order valence-electron chi connectivity index (χ0n) is 15.0. The van der Waals surface area contributed by atoms with E-state index in [9.17, 15) is 4.79 Å². The zero-order chi connectivity index (χ0) is 17.4. The van der Waals surface area contributed by atoms with Crippen molar-refractivity contribution in [3.63, 3.8) is 0 Å². The minimum atomic E-state index is 0.0422. The molecule has 2 heteroatoms. The van der Waals surface area contributed by atoms with Crippen molar-refractivity contribution in [2.45, 2.75) is 52.4 Å². The summed E-state index contributed by atoms with van der Waals surface area (Å²) in [6.07, 6.45) is 7.08. The van der Waals surface area contributed by atoms with Gasteiger partial charge in [-0.3, -0.25) is 4.79 Å². The van der Waals surface area contributed by atoms with Crippen LogP contribution in [0.1, 0.15) is 61.4 Å². The summed E-state index contributed by atoms with van der Waals surface area (Å²) in [6, 6.07) is 12.3. The van der Waals surface area contributed by atoms with Crippen molar-refractivity contribution in [3.8, 4) is 0 Å². The van der Waals surface area contributed by atoms with Crippen molar-refractivity contribution < 1.29 is 4.79 Å². The summed E-state index contributed by atoms with van der Waals surface area (Å²) >= 11 is 0. The van der Waals surface area contributed by atoms with E-state index < -0.39 is 0 Å². The lowest BCUT2D eigenvalue weighted by molar-refractivity contribution is 0.0952. The van der Waals surface area contributed by atoms with Gasteiger partial charge in [0, 0.05) is 12.1 Å². The molecule has 0 spiro atoms. The minimum absolute atomic E-state index is 0.0422. The molecule has 0 atom stereocenters. The van der Waals surface area contributed by atoms with Gasteiger partial charge in [0.05, 0.1) is 0 Å². The number of fused-ring (bicyclic) bond motifs is 1. The fraction of sp³-hybridized carbons (Fsp3) is 0.409. The molecule has 2 aromatic carbocycles. The Balaban J connectivity index is 1.75. The van der Waals surface area contributed by atoms with E-state index in [2.05, 4.69) is 37.0 Å². The van der Waals surface area contributed by atoms with Crippen LogP contribution in [0.4, 0.5) is 0 Å². The summed E-state index contributed by atoms with van der Waals surface area (Å²) in [5.74, 6) is 0.0422. The summed E-state index contributed by atoms with van der Waals surface area (Å²) in [5, 5.41) is 5.36. The van der Waals surface area contributed by atoms with Crippen LogP contribution in [-0.2, 0) is 0 Å². The molecule has 0 aliphatic rings. The normalized spacial score (nSPS) is 10.8. The lowest BCUT2D eigenvalue weighted by atomic mass is 10.0. The second kappa shape index (κ2) is 9.27. The van der Waals surface area contributed by atoms with Crippen LogP contribution in [0.5, 0.6) is 0 Å². The Morgan fingerprint density at radius 2 is 1.62 bits per heavy atom. The van der Waals surface area contributed by atoms with Gasteiger partial charge in [-0.1, -0.05) is 55.2 Å². The lowest BCUT2D eigenvalue weighted by Gasteiger charge is -2.09. The lowest BCUT2D eigenvalue weighted by Crippen LogP contribution is -2.25. The largest absolute Gasteiger partial charge is 0.352 e. The van der Waals surface area contributed by atoms with Gasteiger partial charge in [-0.05, 0) is 55.5 Å². The van der Waals surface area contributed by atoms with E-state index >= 15 is 0 Å². The van der Waals surface area contributed by atoms with E-state index in [-0.39, 0.29) is 5.91 Å². The van der Waals surface area contributed by atoms with Gasteiger partial charge in [-0.25, -0.2) is 0 Å². The Morgan fingerprint density at radius 3 is 2.33 bits per heavy atom. The van der Waals surface area contributed by atoms with Gasteiger partial charge >= 0.3 is 0 Å². The minimum Gasteiger partial charge on any atom is -0.352 e. The van der Waals surface area contributed by atoms with Crippen LogP contribution in [0.2, 0.25) is 0 Å². The monoisotopic (exact) mass is 323 g/mol. The van der Waals surface area contributed by atoms with Crippen LogP contribution in [0, 0.1) is 6.92 Å². The number of carbonyl (C=O) groups excluding carboxylic acids is 1. The Kier molecular flexibility index (Phi) is 7.05. The molecular weight excluding hydrogens is 294 g/mol. The average Bonchev–Trinajstić information content (AvgIpc) is 2.56. The molecule has 128 valence electrons. The Hall–Kier alpha value is -2.09. The number of amides is 1. The third-order valence-electron chi connectivity index (χ3n) is 4.40. The first-order valence-corrected chi connectivity index (χ1v) is 9.00. The number of unbranched alkanes of at least 4 members (excludes halogenated alkanes) is 4. The van der Waals surface area contributed by atoms with Crippen molar-refractivity contribution in [3.05, 3.63) is 59.7 Å². The van der Waals surface area contributed by atoms with Gasteiger partial charge in [0.1, 0.15) is 0 Å². The molecule has 2 nitrogen and oxygen atoms in total. The number of benzene rings is 2. The first kappa shape index (κ1) is 18.3. The van der Waals surface area contributed by atoms with Crippen LogP contribution < -0.4 is 5.32 Å². The second-order valence-corrected chi connectivity index (χ2v) is 6.75. The van der Waals surface area contributed by atoms with E-state index in [0.717, 1.165) is 35.9 Å². The molecule has 0 aliphatic carbocycles. The molecule has 0 fully saturated rings. The average molecular weight is 323 g/mol. The van der Waals surface area contributed by atoms with Crippen LogP contribution >= 0.6 is 0 Å². The van der Waals surface area contributed by atoms with E-state index in [1.807, 2.05) is 25.1 Å². The summed E-state index contributed by atoms with van der Waals surface area (Å²) < 4.78 is 0. The van der Waals surface area contributed by atoms with E-state index in [1.54, 1.807) is 0 Å². The van der Waals surface area contributed by atoms with Crippen molar-refractivity contribution >= 4 is 16.7 Å². The maximum atomic E-state index is 12.4. The molecule has 2 aromatic rings. The molecule has 0 aromatic heterocycles. The van der Waals surface area contributed by atoms with Crippen LogP contribution in [0.15, 0.2) is 48.6 Å². The number of aryl methyl sites for hydroxylation is 1. The molecule has 0 unspecified atom stereocenters. The van der Waals surface area contributed by atoms with Gasteiger partial charge < -0.3 is 5.32 Å². The molecule has 0 radical (unpaired) electrons. The summed E-state index contributed by atoms with van der Waals surface area (Å²) in [6.45, 7) is 8.78. The molecule has 24 heavy (non-hydrogen) atoms. The fourth-order valence-corrected chi connectivity index (χ4v) is 2.98. The van der Waals surface area contributed by atoms with E-state index in [4.69, 9.17) is 0 Å². The number of allylic oxidation sites excluding steroid dienone is 1. The number of nitrogens with one attached hydrogen (secondary N) is 1. The maximum Gasteiger partial charge on any atom is 0.251 e. The molecule has 0 saturated heterocycles. The van der Waals surface area contributed by atoms with Crippen molar-refractivity contribution in [1.29, 1.82) is 0 Å². The zero-order valence-corrected chi connectivity index (χ0v) is 15.0. The van der Waals surface area contributed by atoms with Crippen molar-refractivity contribution in [1.82, 2.24) is 5.32 Å². The topological polar surface area (TPSA) is 29.1 Å². The Labute approximate surface area is 146 Å².